The molecule has 0 bridgehead atoms. The maximum atomic E-state index is 5.83. The van der Waals surface area contributed by atoms with Gasteiger partial charge in [-0.1, -0.05) is 31.2 Å². The highest BCUT2D eigenvalue weighted by Gasteiger charge is 2.05. The van der Waals surface area contributed by atoms with E-state index in [9.17, 15) is 0 Å². The van der Waals surface area contributed by atoms with Crippen LogP contribution in [0.3, 0.4) is 0 Å². The van der Waals surface area contributed by atoms with Crippen molar-refractivity contribution >= 4 is 17.0 Å². The monoisotopic (exact) mass is 324 g/mol. The van der Waals surface area contributed by atoms with Gasteiger partial charge >= 0.3 is 0 Å². The van der Waals surface area contributed by atoms with Gasteiger partial charge in [-0.2, -0.15) is 0 Å². The molecule has 0 aliphatic carbocycles. The molecule has 0 atom stereocenters. The van der Waals surface area contributed by atoms with E-state index in [1.807, 2.05) is 36.4 Å². The molecule has 2 aromatic carbocycles. The molecule has 0 spiro atoms. The smallest absolute Gasteiger partial charge is 0.119 e. The Morgan fingerprint density at radius 1 is 1.13 bits per heavy atom. The van der Waals surface area contributed by atoms with Crippen molar-refractivity contribution in [3.05, 3.63) is 64.5 Å². The molecule has 0 radical (unpaired) electrons. The van der Waals surface area contributed by atoms with Gasteiger partial charge in [0.1, 0.15) is 5.75 Å². The lowest BCUT2D eigenvalue weighted by Gasteiger charge is -2.06. The molecule has 3 aromatic rings. The number of hydrogen-bond acceptors (Lipinski definition) is 4. The van der Waals surface area contributed by atoms with Gasteiger partial charge in [0.2, 0.25) is 0 Å². The Bertz CT molecular complexity index is 765. The number of hydrogen-bond donors (Lipinski definition) is 1. The quantitative estimate of drug-likeness (QED) is 0.675. The van der Waals surface area contributed by atoms with Crippen LogP contribution in [0.1, 0.15) is 17.5 Å². The Morgan fingerprint density at radius 3 is 2.74 bits per heavy atom. The van der Waals surface area contributed by atoms with E-state index in [0.717, 1.165) is 40.5 Å². The second kappa shape index (κ2) is 7.29. The minimum atomic E-state index is 0.641. The number of nitrogens with zero attached hydrogens (tertiary/aromatic N) is 1. The van der Waals surface area contributed by atoms with Gasteiger partial charge in [-0.15, -0.1) is 11.3 Å². The lowest BCUT2D eigenvalue weighted by molar-refractivity contribution is 0.321. The summed E-state index contributed by atoms with van der Waals surface area (Å²) >= 11 is 1.67. The van der Waals surface area contributed by atoms with E-state index in [1.165, 1.54) is 5.56 Å². The first-order valence-corrected chi connectivity index (χ1v) is 8.64. The van der Waals surface area contributed by atoms with Crippen molar-refractivity contribution < 1.29 is 4.74 Å². The second-order valence-electron chi connectivity index (χ2n) is 5.35. The topological polar surface area (TPSA) is 48.1 Å². The maximum Gasteiger partial charge on any atom is 0.119 e. The van der Waals surface area contributed by atoms with Crippen molar-refractivity contribution in [3.63, 3.8) is 0 Å². The summed E-state index contributed by atoms with van der Waals surface area (Å²) in [5.74, 6) is 0.930. The van der Waals surface area contributed by atoms with Gasteiger partial charge in [-0.3, -0.25) is 0 Å². The van der Waals surface area contributed by atoms with E-state index in [-0.39, 0.29) is 0 Å². The molecule has 0 aliphatic heterocycles. The molecule has 0 aliphatic rings. The summed E-state index contributed by atoms with van der Waals surface area (Å²) in [6, 6.07) is 16.1. The van der Waals surface area contributed by atoms with Crippen LogP contribution in [0, 0.1) is 0 Å². The molecule has 1 heterocycles. The Morgan fingerprint density at radius 2 is 1.96 bits per heavy atom. The molecule has 4 heteroatoms. The van der Waals surface area contributed by atoms with Crippen molar-refractivity contribution in [2.45, 2.75) is 19.8 Å². The van der Waals surface area contributed by atoms with Crippen molar-refractivity contribution in [2.75, 3.05) is 12.3 Å². The summed E-state index contributed by atoms with van der Waals surface area (Å²) in [6.07, 6.45) is 1.84. The average Bonchev–Trinajstić information content (AvgIpc) is 3.04. The van der Waals surface area contributed by atoms with E-state index in [1.54, 1.807) is 11.3 Å². The molecule has 23 heavy (non-hydrogen) atoms. The standard InChI is InChI=1S/C19H20N2OS/c1-2-14-4-3-5-17(12-14)22-11-10-19-21-18(13-23-19)15-6-8-16(20)9-7-15/h3-9,12-13H,2,10-11,20H2,1H3. The largest absolute Gasteiger partial charge is 0.493 e. The van der Waals surface area contributed by atoms with Gasteiger partial charge in [0.15, 0.2) is 0 Å². The number of nitrogens with two attached hydrogens (primary N) is 1. The van der Waals surface area contributed by atoms with Gasteiger partial charge in [0.05, 0.1) is 17.3 Å². The molecule has 0 amide bonds. The van der Waals surface area contributed by atoms with Crippen molar-refractivity contribution in [1.82, 2.24) is 4.98 Å². The number of ether oxygens (including phenoxy) is 1. The number of anilines is 1. The predicted octanol–water partition coefficient (Wildman–Crippen LogP) is 4.58. The lowest BCUT2D eigenvalue weighted by Crippen LogP contribution is -2.01. The molecule has 1 aromatic heterocycles. The van der Waals surface area contributed by atoms with Gasteiger partial charge in [-0.25, -0.2) is 4.98 Å². The summed E-state index contributed by atoms with van der Waals surface area (Å²) < 4.78 is 5.83. The molecule has 0 saturated heterocycles. The number of thiazole rings is 1. The predicted molar refractivity (Wildman–Crippen MR) is 97.0 cm³/mol. The zero-order chi connectivity index (χ0) is 16.1. The zero-order valence-electron chi connectivity index (χ0n) is 13.2. The van der Waals surface area contributed by atoms with Gasteiger partial charge in [0.25, 0.3) is 0 Å². The van der Waals surface area contributed by atoms with Crippen LogP contribution >= 0.6 is 11.3 Å². The molecular weight excluding hydrogens is 304 g/mol. The molecule has 118 valence electrons. The average molecular weight is 324 g/mol. The van der Waals surface area contributed by atoms with Crippen LogP contribution in [0.15, 0.2) is 53.9 Å². The van der Waals surface area contributed by atoms with E-state index in [2.05, 4.69) is 29.4 Å². The minimum absolute atomic E-state index is 0.641. The van der Waals surface area contributed by atoms with E-state index in [0.29, 0.717) is 6.61 Å². The normalized spacial score (nSPS) is 10.7. The number of rotatable bonds is 6. The van der Waals surface area contributed by atoms with Gasteiger partial charge in [0, 0.05) is 23.1 Å². The molecule has 2 N–H and O–H groups in total. The Kier molecular flexibility index (Phi) is 4.93. The fourth-order valence-corrected chi connectivity index (χ4v) is 3.11. The van der Waals surface area contributed by atoms with E-state index < -0.39 is 0 Å². The maximum absolute atomic E-state index is 5.83. The Labute approximate surface area is 140 Å². The summed E-state index contributed by atoms with van der Waals surface area (Å²) in [5.41, 5.74) is 9.88. The highest BCUT2D eigenvalue weighted by Crippen LogP contribution is 2.23. The first-order chi connectivity index (χ1) is 11.2. The second-order valence-corrected chi connectivity index (χ2v) is 6.29. The lowest BCUT2D eigenvalue weighted by atomic mass is 10.1. The Hall–Kier alpha value is -2.33. The van der Waals surface area contributed by atoms with Crippen molar-refractivity contribution in [3.8, 4) is 17.0 Å². The zero-order valence-corrected chi connectivity index (χ0v) is 14.0. The highest BCUT2D eigenvalue weighted by molar-refractivity contribution is 7.09. The molecule has 3 rings (SSSR count). The fraction of sp³-hybridized carbons (Fsp3) is 0.211. The summed E-state index contributed by atoms with van der Waals surface area (Å²) in [5, 5.41) is 3.17. The van der Waals surface area contributed by atoms with Crippen LogP contribution < -0.4 is 10.5 Å². The first-order valence-electron chi connectivity index (χ1n) is 7.76. The van der Waals surface area contributed by atoms with Crippen LogP contribution in [0.4, 0.5) is 5.69 Å². The minimum Gasteiger partial charge on any atom is -0.493 e. The first kappa shape index (κ1) is 15.6. The van der Waals surface area contributed by atoms with Crippen LogP contribution in [0.2, 0.25) is 0 Å². The fourth-order valence-electron chi connectivity index (χ4n) is 2.32. The SMILES string of the molecule is CCc1cccc(OCCc2nc(-c3ccc(N)cc3)cs2)c1. The summed E-state index contributed by atoms with van der Waals surface area (Å²) in [6.45, 7) is 2.79. The van der Waals surface area contributed by atoms with Crippen LogP contribution in [0.5, 0.6) is 5.75 Å². The highest BCUT2D eigenvalue weighted by atomic mass is 32.1. The van der Waals surface area contributed by atoms with Gasteiger partial charge in [-0.05, 0) is 36.2 Å². The van der Waals surface area contributed by atoms with Crippen LogP contribution in [-0.2, 0) is 12.8 Å². The molecule has 0 fully saturated rings. The number of nitrogen functional groups attached to an aromatic ring is 1. The van der Waals surface area contributed by atoms with Crippen LogP contribution in [0.25, 0.3) is 11.3 Å². The summed E-state index contributed by atoms with van der Waals surface area (Å²) in [4.78, 5) is 4.67. The molecular formula is C19H20N2OS. The number of aryl methyl sites for hydroxylation is 1. The third-order valence-corrected chi connectivity index (χ3v) is 4.56. The molecule has 0 saturated carbocycles. The molecule has 3 nitrogen and oxygen atoms in total. The third kappa shape index (κ3) is 4.11. The Balaban J connectivity index is 1.58. The van der Waals surface area contributed by atoms with Crippen LogP contribution in [-0.4, -0.2) is 11.6 Å². The van der Waals surface area contributed by atoms with Crippen molar-refractivity contribution in [1.29, 1.82) is 0 Å². The number of aromatic nitrogens is 1. The molecule has 0 unspecified atom stereocenters. The van der Waals surface area contributed by atoms with Crippen molar-refractivity contribution in [2.24, 2.45) is 0 Å². The third-order valence-electron chi connectivity index (χ3n) is 3.65. The summed E-state index contributed by atoms with van der Waals surface area (Å²) in [7, 11) is 0. The van der Waals surface area contributed by atoms with E-state index in [4.69, 9.17) is 10.5 Å². The van der Waals surface area contributed by atoms with E-state index >= 15 is 0 Å². The number of benzene rings is 2. The van der Waals surface area contributed by atoms with Gasteiger partial charge < -0.3 is 10.5 Å².